The van der Waals surface area contributed by atoms with E-state index in [4.69, 9.17) is 9.84 Å². The van der Waals surface area contributed by atoms with Crippen molar-refractivity contribution in [2.24, 2.45) is 0 Å². The maximum absolute atomic E-state index is 11.7. The molecule has 0 saturated carbocycles. The van der Waals surface area contributed by atoms with Crippen LogP contribution in [0.15, 0.2) is 42.7 Å². The third-order valence-electron chi connectivity index (χ3n) is 2.82. The normalized spacial score (nSPS) is 10.0. The predicted octanol–water partition coefficient (Wildman–Crippen LogP) is 0.833. The van der Waals surface area contributed by atoms with Crippen molar-refractivity contribution in [1.29, 1.82) is 0 Å². The zero-order chi connectivity index (χ0) is 17.4. The van der Waals surface area contributed by atoms with Crippen LogP contribution in [0.4, 0.5) is 10.5 Å². The first-order chi connectivity index (χ1) is 11.5. The van der Waals surface area contributed by atoms with Crippen molar-refractivity contribution < 1.29 is 24.2 Å². The Labute approximate surface area is 137 Å². The van der Waals surface area contributed by atoms with Gasteiger partial charge in [-0.1, -0.05) is 30.3 Å². The minimum Gasteiger partial charge on any atom is -0.480 e. The summed E-state index contributed by atoms with van der Waals surface area (Å²) in [7, 11) is 0. The molecule has 0 saturated heterocycles. The number of carboxylic acids is 1. The van der Waals surface area contributed by atoms with Crippen LogP contribution < -0.4 is 10.6 Å². The highest BCUT2D eigenvalue weighted by Crippen LogP contribution is 2.04. The van der Waals surface area contributed by atoms with E-state index in [9.17, 15) is 14.4 Å². The molecule has 126 valence electrons. The number of alkyl carbamates (subject to hydrolysis) is 1. The Bertz CT molecular complexity index is 714. The molecule has 9 nitrogen and oxygen atoms in total. The van der Waals surface area contributed by atoms with Crippen molar-refractivity contribution in [2.45, 2.75) is 13.2 Å². The van der Waals surface area contributed by atoms with Crippen molar-refractivity contribution in [1.82, 2.24) is 15.1 Å². The molecule has 24 heavy (non-hydrogen) atoms. The number of anilines is 1. The molecule has 0 unspecified atom stereocenters. The summed E-state index contributed by atoms with van der Waals surface area (Å²) in [6.45, 7) is -0.478. The molecule has 3 N–H and O–H groups in total. The summed E-state index contributed by atoms with van der Waals surface area (Å²) in [4.78, 5) is 33.7. The molecule has 0 atom stereocenters. The van der Waals surface area contributed by atoms with Crippen LogP contribution in [0.25, 0.3) is 0 Å². The molecule has 0 aliphatic carbocycles. The number of aliphatic carboxylic acids is 1. The van der Waals surface area contributed by atoms with Gasteiger partial charge < -0.3 is 20.5 Å². The van der Waals surface area contributed by atoms with E-state index in [0.717, 1.165) is 5.56 Å². The number of amides is 2. The van der Waals surface area contributed by atoms with Crippen molar-refractivity contribution in [3.05, 3.63) is 48.3 Å². The second kappa shape index (κ2) is 8.32. The minimum atomic E-state index is -1.04. The number of ether oxygens (including phenoxy) is 1. The molecule has 0 radical (unpaired) electrons. The lowest BCUT2D eigenvalue weighted by molar-refractivity contribution is -0.137. The summed E-state index contributed by atoms with van der Waals surface area (Å²) in [5.41, 5.74) is 1.17. The van der Waals surface area contributed by atoms with E-state index in [-0.39, 0.29) is 19.7 Å². The summed E-state index contributed by atoms with van der Waals surface area (Å²) < 4.78 is 6.13. The Balaban J connectivity index is 1.69. The van der Waals surface area contributed by atoms with Gasteiger partial charge in [-0.2, -0.15) is 5.10 Å². The Morgan fingerprint density at radius 2 is 1.96 bits per heavy atom. The largest absolute Gasteiger partial charge is 0.480 e. The summed E-state index contributed by atoms with van der Waals surface area (Å²) in [5, 5.41) is 17.2. The first kappa shape index (κ1) is 17.0. The molecule has 2 aromatic rings. The van der Waals surface area contributed by atoms with Gasteiger partial charge in [0.25, 0.3) is 0 Å². The third kappa shape index (κ3) is 5.79. The fourth-order valence-electron chi connectivity index (χ4n) is 1.78. The highest BCUT2D eigenvalue weighted by atomic mass is 16.5. The Hall–Kier alpha value is -3.36. The number of nitrogens with one attached hydrogen (secondary N) is 2. The van der Waals surface area contributed by atoms with Gasteiger partial charge in [-0.05, 0) is 5.56 Å². The van der Waals surface area contributed by atoms with Gasteiger partial charge in [0.05, 0.1) is 11.9 Å². The number of carbonyl (C=O) groups is 3. The number of hydrogen-bond acceptors (Lipinski definition) is 5. The molecular formula is C15H16N4O5. The molecule has 1 heterocycles. The standard InChI is InChI=1S/C15H16N4O5/c20-13(18-12-6-17-19(8-12)9-14(21)22)7-16-15(23)24-10-11-4-2-1-3-5-11/h1-6,8H,7,9-10H2,(H,16,23)(H,18,20)(H,21,22). The van der Waals surface area contributed by atoms with Crippen LogP contribution in [0, 0.1) is 0 Å². The van der Waals surface area contributed by atoms with Crippen molar-refractivity contribution >= 4 is 23.7 Å². The van der Waals surface area contributed by atoms with Crippen LogP contribution in [0.2, 0.25) is 0 Å². The number of rotatable bonds is 7. The molecule has 9 heteroatoms. The zero-order valence-electron chi connectivity index (χ0n) is 12.6. The predicted molar refractivity (Wildman–Crippen MR) is 83.1 cm³/mol. The summed E-state index contributed by atoms with van der Waals surface area (Å²) >= 11 is 0. The molecule has 1 aromatic heterocycles. The first-order valence-electron chi connectivity index (χ1n) is 7.01. The molecule has 0 spiro atoms. The molecule has 0 bridgehead atoms. The van der Waals surface area contributed by atoms with Gasteiger partial charge in [-0.3, -0.25) is 14.3 Å². The van der Waals surface area contributed by atoms with Gasteiger partial charge in [0, 0.05) is 6.20 Å². The maximum Gasteiger partial charge on any atom is 0.407 e. The monoisotopic (exact) mass is 332 g/mol. The summed E-state index contributed by atoms with van der Waals surface area (Å²) in [5.74, 6) is -1.53. The molecule has 0 aliphatic rings. The van der Waals surface area contributed by atoms with Crippen molar-refractivity contribution in [3.8, 4) is 0 Å². The quantitative estimate of drug-likeness (QED) is 0.690. The third-order valence-corrected chi connectivity index (χ3v) is 2.82. The van der Waals surface area contributed by atoms with E-state index in [1.807, 2.05) is 30.3 Å². The molecular weight excluding hydrogens is 316 g/mol. The summed E-state index contributed by atoms with van der Waals surface area (Å²) in [6.07, 6.45) is 1.98. The van der Waals surface area contributed by atoms with E-state index >= 15 is 0 Å². The fourth-order valence-corrected chi connectivity index (χ4v) is 1.78. The van der Waals surface area contributed by atoms with E-state index in [1.54, 1.807) is 0 Å². The van der Waals surface area contributed by atoms with E-state index < -0.39 is 18.0 Å². The van der Waals surface area contributed by atoms with Gasteiger partial charge in [-0.15, -0.1) is 0 Å². The maximum atomic E-state index is 11.7. The topological polar surface area (TPSA) is 123 Å². The lowest BCUT2D eigenvalue weighted by Gasteiger charge is -2.07. The Morgan fingerprint density at radius 1 is 1.21 bits per heavy atom. The van der Waals surface area contributed by atoms with Crippen LogP contribution in [0.5, 0.6) is 0 Å². The van der Waals surface area contributed by atoms with Gasteiger partial charge >= 0.3 is 12.1 Å². The van der Waals surface area contributed by atoms with Crippen LogP contribution >= 0.6 is 0 Å². The lowest BCUT2D eigenvalue weighted by Crippen LogP contribution is -2.33. The molecule has 2 amide bonds. The summed E-state index contributed by atoms with van der Waals surface area (Å²) in [6, 6.07) is 9.14. The Morgan fingerprint density at radius 3 is 2.67 bits per heavy atom. The number of benzene rings is 1. The highest BCUT2D eigenvalue weighted by Gasteiger charge is 2.09. The molecule has 2 rings (SSSR count). The van der Waals surface area contributed by atoms with Crippen LogP contribution in [-0.2, 0) is 27.5 Å². The number of carboxylic acid groups (broad SMARTS) is 1. The number of aromatic nitrogens is 2. The van der Waals surface area contributed by atoms with Crippen molar-refractivity contribution in [2.75, 3.05) is 11.9 Å². The van der Waals surface area contributed by atoms with Crippen molar-refractivity contribution in [3.63, 3.8) is 0 Å². The second-order valence-corrected chi connectivity index (χ2v) is 4.78. The molecule has 0 aliphatic heterocycles. The van der Waals surface area contributed by atoms with E-state index in [2.05, 4.69) is 15.7 Å². The van der Waals surface area contributed by atoms with Gasteiger partial charge in [0.1, 0.15) is 19.7 Å². The fraction of sp³-hybridized carbons (Fsp3) is 0.200. The van der Waals surface area contributed by atoms with Gasteiger partial charge in [0.15, 0.2) is 0 Å². The van der Waals surface area contributed by atoms with Crippen LogP contribution in [-0.4, -0.2) is 39.4 Å². The minimum absolute atomic E-state index is 0.107. The van der Waals surface area contributed by atoms with Gasteiger partial charge in [-0.25, -0.2) is 4.79 Å². The zero-order valence-corrected chi connectivity index (χ0v) is 12.6. The average Bonchev–Trinajstić information content (AvgIpc) is 2.98. The van der Waals surface area contributed by atoms with Crippen LogP contribution in [0.3, 0.4) is 0 Å². The van der Waals surface area contributed by atoms with E-state index in [0.29, 0.717) is 5.69 Å². The molecule has 1 aromatic carbocycles. The van der Waals surface area contributed by atoms with Crippen LogP contribution in [0.1, 0.15) is 5.56 Å². The highest BCUT2D eigenvalue weighted by molar-refractivity contribution is 5.93. The number of nitrogens with zero attached hydrogens (tertiary/aromatic N) is 2. The SMILES string of the molecule is O=C(O)Cn1cc(NC(=O)CNC(=O)OCc2ccccc2)cn1. The van der Waals surface area contributed by atoms with Gasteiger partial charge in [0.2, 0.25) is 5.91 Å². The average molecular weight is 332 g/mol. The first-order valence-corrected chi connectivity index (χ1v) is 7.01. The Kier molecular flexibility index (Phi) is 5.89. The molecule has 0 fully saturated rings. The number of hydrogen-bond donors (Lipinski definition) is 3. The lowest BCUT2D eigenvalue weighted by atomic mass is 10.2. The smallest absolute Gasteiger partial charge is 0.407 e. The second-order valence-electron chi connectivity index (χ2n) is 4.78. The number of carbonyl (C=O) groups excluding carboxylic acids is 2. The van der Waals surface area contributed by atoms with E-state index in [1.165, 1.54) is 17.1 Å².